The Balaban J connectivity index is 1.59. The summed E-state index contributed by atoms with van der Waals surface area (Å²) in [6.45, 7) is 1.95. The topological polar surface area (TPSA) is 27.8 Å². The number of hydrogen-bond acceptors (Lipinski definition) is 2. The van der Waals surface area contributed by atoms with Crippen molar-refractivity contribution in [2.75, 3.05) is 12.3 Å². The van der Waals surface area contributed by atoms with E-state index in [9.17, 15) is 0 Å². The van der Waals surface area contributed by atoms with Crippen molar-refractivity contribution in [1.29, 1.82) is 0 Å². The van der Waals surface area contributed by atoms with Crippen LogP contribution in [-0.2, 0) is 6.54 Å². The van der Waals surface area contributed by atoms with Crippen LogP contribution >= 0.6 is 11.8 Å². The van der Waals surface area contributed by atoms with E-state index < -0.39 is 0 Å². The maximum absolute atomic E-state index is 3.41. The maximum Gasteiger partial charge on any atom is 0.0357 e. The molecule has 0 atom stereocenters. The highest BCUT2D eigenvalue weighted by atomic mass is 32.2. The Hall–Kier alpha value is -1.19. The zero-order chi connectivity index (χ0) is 11.1. The van der Waals surface area contributed by atoms with Crippen LogP contribution in [0.25, 0.3) is 0 Å². The van der Waals surface area contributed by atoms with Crippen molar-refractivity contribution in [3.8, 4) is 0 Å². The SMILES string of the molecule is c1ccc(SCCNCc2ccc[nH]2)cc1. The molecule has 84 valence electrons. The van der Waals surface area contributed by atoms with Crippen molar-refractivity contribution < 1.29 is 0 Å². The molecule has 3 heteroatoms. The minimum atomic E-state index is 0.919. The van der Waals surface area contributed by atoms with Crippen LogP contribution in [0.4, 0.5) is 0 Å². The number of nitrogens with one attached hydrogen (secondary N) is 2. The van der Waals surface area contributed by atoms with Crippen molar-refractivity contribution in [3.05, 3.63) is 54.4 Å². The van der Waals surface area contributed by atoms with Gasteiger partial charge in [-0.2, -0.15) is 0 Å². The van der Waals surface area contributed by atoms with Gasteiger partial charge in [0, 0.05) is 35.6 Å². The van der Waals surface area contributed by atoms with Gasteiger partial charge in [0.05, 0.1) is 0 Å². The number of rotatable bonds is 6. The normalized spacial score (nSPS) is 10.5. The molecular weight excluding hydrogens is 216 g/mol. The number of hydrogen-bond donors (Lipinski definition) is 2. The van der Waals surface area contributed by atoms with Crippen LogP contribution in [0.2, 0.25) is 0 Å². The third kappa shape index (κ3) is 3.76. The largest absolute Gasteiger partial charge is 0.364 e. The standard InChI is InChI=1S/C13H16N2S/c1-2-6-13(7-3-1)16-10-9-14-11-12-5-4-8-15-12/h1-8,14-15H,9-11H2. The monoisotopic (exact) mass is 232 g/mol. The summed E-state index contributed by atoms with van der Waals surface area (Å²) in [7, 11) is 0. The van der Waals surface area contributed by atoms with Gasteiger partial charge in [0.15, 0.2) is 0 Å². The first-order valence-corrected chi connectivity index (χ1v) is 6.44. The molecule has 1 aromatic carbocycles. The highest BCUT2D eigenvalue weighted by molar-refractivity contribution is 7.99. The van der Waals surface area contributed by atoms with Crippen LogP contribution in [-0.4, -0.2) is 17.3 Å². The first kappa shape index (κ1) is 11.3. The number of benzene rings is 1. The fraction of sp³-hybridized carbons (Fsp3) is 0.231. The molecule has 0 fully saturated rings. The van der Waals surface area contributed by atoms with Crippen molar-refractivity contribution in [3.63, 3.8) is 0 Å². The zero-order valence-corrected chi connectivity index (χ0v) is 9.96. The van der Waals surface area contributed by atoms with E-state index in [-0.39, 0.29) is 0 Å². The van der Waals surface area contributed by atoms with E-state index >= 15 is 0 Å². The average molecular weight is 232 g/mol. The fourth-order valence-corrected chi connectivity index (χ4v) is 2.29. The number of thioether (sulfide) groups is 1. The first-order valence-electron chi connectivity index (χ1n) is 5.46. The summed E-state index contributed by atoms with van der Waals surface area (Å²) in [5.41, 5.74) is 1.24. The van der Waals surface area contributed by atoms with Crippen molar-refractivity contribution in [2.45, 2.75) is 11.4 Å². The quantitative estimate of drug-likeness (QED) is 0.592. The Morgan fingerprint density at radius 3 is 2.69 bits per heavy atom. The number of aromatic nitrogens is 1. The molecule has 2 aromatic rings. The fourth-order valence-electron chi connectivity index (χ4n) is 1.46. The van der Waals surface area contributed by atoms with Crippen LogP contribution in [0.1, 0.15) is 5.69 Å². The van der Waals surface area contributed by atoms with Crippen LogP contribution in [0.5, 0.6) is 0 Å². The maximum atomic E-state index is 3.41. The van der Waals surface area contributed by atoms with Crippen LogP contribution < -0.4 is 5.32 Å². The summed E-state index contributed by atoms with van der Waals surface area (Å²) in [6.07, 6.45) is 1.95. The van der Waals surface area contributed by atoms with E-state index in [1.165, 1.54) is 10.6 Å². The molecule has 0 aliphatic carbocycles. The van der Waals surface area contributed by atoms with Gasteiger partial charge in [-0.3, -0.25) is 0 Å². The highest BCUT2D eigenvalue weighted by Crippen LogP contribution is 2.15. The molecule has 0 bridgehead atoms. The lowest BCUT2D eigenvalue weighted by atomic mass is 10.4. The van der Waals surface area contributed by atoms with Crippen molar-refractivity contribution >= 4 is 11.8 Å². The molecule has 0 saturated heterocycles. The van der Waals surface area contributed by atoms with E-state index in [1.54, 1.807) is 0 Å². The molecule has 0 unspecified atom stereocenters. The molecule has 1 aromatic heterocycles. The molecule has 0 aliphatic rings. The second-order valence-electron chi connectivity index (χ2n) is 3.53. The van der Waals surface area contributed by atoms with Gasteiger partial charge in [-0.05, 0) is 24.3 Å². The second kappa shape index (κ2) is 6.40. The van der Waals surface area contributed by atoms with E-state index in [4.69, 9.17) is 0 Å². The minimum absolute atomic E-state index is 0.919. The predicted molar refractivity (Wildman–Crippen MR) is 69.7 cm³/mol. The third-order valence-electron chi connectivity index (χ3n) is 2.27. The Morgan fingerprint density at radius 1 is 1.06 bits per heavy atom. The summed E-state index contributed by atoms with van der Waals surface area (Å²) >= 11 is 1.88. The molecule has 0 radical (unpaired) electrons. The lowest BCUT2D eigenvalue weighted by Crippen LogP contribution is -2.16. The van der Waals surface area contributed by atoms with Crippen LogP contribution in [0.3, 0.4) is 0 Å². The summed E-state index contributed by atoms with van der Waals surface area (Å²) in [5, 5.41) is 3.41. The molecule has 0 spiro atoms. The molecule has 2 nitrogen and oxygen atoms in total. The summed E-state index contributed by atoms with van der Waals surface area (Å²) in [5.74, 6) is 1.10. The molecular formula is C13H16N2S. The van der Waals surface area contributed by atoms with Crippen molar-refractivity contribution in [2.24, 2.45) is 0 Å². The van der Waals surface area contributed by atoms with Gasteiger partial charge >= 0.3 is 0 Å². The molecule has 0 saturated carbocycles. The predicted octanol–water partition coefficient (Wildman–Crippen LogP) is 2.90. The van der Waals surface area contributed by atoms with Crippen LogP contribution in [0.15, 0.2) is 53.6 Å². The van der Waals surface area contributed by atoms with Gasteiger partial charge in [0.1, 0.15) is 0 Å². The third-order valence-corrected chi connectivity index (χ3v) is 3.28. The lowest BCUT2D eigenvalue weighted by Gasteiger charge is -2.03. The van der Waals surface area contributed by atoms with Gasteiger partial charge in [-0.15, -0.1) is 11.8 Å². The second-order valence-corrected chi connectivity index (χ2v) is 4.70. The van der Waals surface area contributed by atoms with Crippen LogP contribution in [0, 0.1) is 0 Å². The van der Waals surface area contributed by atoms with Gasteiger partial charge in [0.25, 0.3) is 0 Å². The summed E-state index contributed by atoms with van der Waals surface area (Å²) in [4.78, 5) is 4.51. The Labute approximate surface area is 100 Å². The number of aromatic amines is 1. The zero-order valence-electron chi connectivity index (χ0n) is 9.15. The highest BCUT2D eigenvalue weighted by Gasteiger charge is 1.93. The Morgan fingerprint density at radius 2 is 1.94 bits per heavy atom. The first-order chi connectivity index (χ1) is 7.95. The molecule has 2 rings (SSSR count). The minimum Gasteiger partial charge on any atom is -0.364 e. The van der Waals surface area contributed by atoms with Crippen molar-refractivity contribution in [1.82, 2.24) is 10.3 Å². The lowest BCUT2D eigenvalue weighted by molar-refractivity contribution is 0.719. The molecule has 0 amide bonds. The average Bonchev–Trinajstić information content (AvgIpc) is 2.83. The molecule has 2 N–H and O–H groups in total. The molecule has 1 heterocycles. The van der Waals surface area contributed by atoms with E-state index in [0.717, 1.165) is 18.8 Å². The van der Waals surface area contributed by atoms with Gasteiger partial charge in [0.2, 0.25) is 0 Å². The molecule has 16 heavy (non-hydrogen) atoms. The van der Waals surface area contributed by atoms with E-state index in [0.29, 0.717) is 0 Å². The smallest absolute Gasteiger partial charge is 0.0357 e. The van der Waals surface area contributed by atoms with Gasteiger partial charge in [-0.1, -0.05) is 18.2 Å². The Kier molecular flexibility index (Phi) is 4.52. The number of H-pyrrole nitrogens is 1. The van der Waals surface area contributed by atoms with Gasteiger partial charge in [-0.25, -0.2) is 0 Å². The Bertz CT molecular complexity index is 384. The summed E-state index contributed by atoms with van der Waals surface area (Å²) < 4.78 is 0. The van der Waals surface area contributed by atoms with E-state index in [1.807, 2.05) is 30.1 Å². The molecule has 0 aliphatic heterocycles. The van der Waals surface area contributed by atoms with E-state index in [2.05, 4.69) is 40.6 Å². The van der Waals surface area contributed by atoms with Gasteiger partial charge < -0.3 is 10.3 Å². The summed E-state index contributed by atoms with van der Waals surface area (Å²) in [6, 6.07) is 14.6.